The molecule has 4 heteroatoms. The van der Waals surface area contributed by atoms with Crippen LogP contribution in [0.2, 0.25) is 0 Å². The van der Waals surface area contributed by atoms with Gasteiger partial charge in [0, 0.05) is 11.0 Å². The second-order valence-corrected chi connectivity index (χ2v) is 2.38. The molecule has 0 N–H and O–H groups in total. The van der Waals surface area contributed by atoms with Crippen LogP contribution in [0.3, 0.4) is 0 Å². The number of carbonyl (C=O) groups excluding carboxylic acids is 2. The smallest absolute Gasteiger partial charge is 0.341 e. The van der Waals surface area contributed by atoms with Crippen molar-refractivity contribution in [2.75, 3.05) is 7.11 Å². The number of hydrogen-bond acceptors (Lipinski definition) is 4. The molecular formula is C10H10O4. The van der Waals surface area contributed by atoms with Gasteiger partial charge in [-0.15, -0.1) is 0 Å². The van der Waals surface area contributed by atoms with Gasteiger partial charge in [-0.2, -0.15) is 0 Å². The van der Waals surface area contributed by atoms with Gasteiger partial charge in [-0.1, -0.05) is 12.1 Å². The lowest BCUT2D eigenvalue weighted by Crippen LogP contribution is -2.08. The summed E-state index contributed by atoms with van der Waals surface area (Å²) >= 11 is 0. The minimum atomic E-state index is -2.87. The highest BCUT2D eigenvalue weighted by Crippen LogP contribution is 2.18. The average molecular weight is 197 g/mol. The maximum absolute atomic E-state index is 11.3. The van der Waals surface area contributed by atoms with Gasteiger partial charge < -0.3 is 9.47 Å². The van der Waals surface area contributed by atoms with Crippen LogP contribution in [-0.4, -0.2) is 19.0 Å². The van der Waals surface area contributed by atoms with E-state index >= 15 is 0 Å². The quantitative estimate of drug-likeness (QED) is 0.531. The molecule has 0 aliphatic rings. The van der Waals surface area contributed by atoms with Crippen LogP contribution in [0, 0.1) is 0 Å². The highest BCUT2D eigenvalue weighted by atomic mass is 16.5. The van der Waals surface area contributed by atoms with Crippen LogP contribution in [0.5, 0.6) is 5.75 Å². The van der Waals surface area contributed by atoms with E-state index in [-0.39, 0.29) is 11.3 Å². The van der Waals surface area contributed by atoms with Crippen molar-refractivity contribution in [2.24, 2.45) is 0 Å². The normalized spacial score (nSPS) is 13.4. The third-order valence-electron chi connectivity index (χ3n) is 1.50. The van der Waals surface area contributed by atoms with Crippen molar-refractivity contribution in [1.29, 1.82) is 0 Å². The number of para-hydroxylation sites is 1. The zero-order valence-electron chi connectivity index (χ0n) is 10.4. The topological polar surface area (TPSA) is 52.6 Å². The van der Waals surface area contributed by atoms with Crippen LogP contribution >= 0.6 is 0 Å². The van der Waals surface area contributed by atoms with Crippen LogP contribution in [0.15, 0.2) is 24.3 Å². The van der Waals surface area contributed by atoms with Gasteiger partial charge in [0.1, 0.15) is 11.3 Å². The Kier molecular flexibility index (Phi) is 2.08. The Hall–Kier alpha value is -1.84. The van der Waals surface area contributed by atoms with E-state index in [0.717, 1.165) is 0 Å². The number of ether oxygens (including phenoxy) is 2. The number of methoxy groups -OCH3 is 1. The Bertz CT molecular complexity index is 439. The fraction of sp³-hybridized carbons (Fsp3) is 0.200. The van der Waals surface area contributed by atoms with Gasteiger partial charge in [0.25, 0.3) is 0 Å². The third kappa shape index (κ3) is 2.32. The molecule has 0 saturated heterocycles. The second-order valence-electron chi connectivity index (χ2n) is 2.38. The summed E-state index contributed by atoms with van der Waals surface area (Å²) in [5.41, 5.74) is -0.00685. The van der Waals surface area contributed by atoms with Gasteiger partial charge in [-0.05, 0) is 12.1 Å². The Morgan fingerprint density at radius 3 is 2.71 bits per heavy atom. The van der Waals surface area contributed by atoms with E-state index in [1.165, 1.54) is 25.3 Å². The van der Waals surface area contributed by atoms with Crippen LogP contribution in [0.4, 0.5) is 0 Å². The SMILES string of the molecule is [2H]C([2H])([2H])C(=O)Oc1ccccc1C(=O)OC. The first-order chi connectivity index (χ1) is 7.86. The molecule has 0 bridgehead atoms. The molecule has 0 aliphatic carbocycles. The van der Waals surface area contributed by atoms with Gasteiger partial charge in [-0.25, -0.2) is 4.79 Å². The van der Waals surface area contributed by atoms with E-state index in [1.54, 1.807) is 6.07 Å². The summed E-state index contributed by atoms with van der Waals surface area (Å²) in [6, 6.07) is 5.73. The van der Waals surface area contributed by atoms with Gasteiger partial charge in [0.05, 0.1) is 7.11 Å². The minimum absolute atomic E-state index is 0.00685. The lowest BCUT2D eigenvalue weighted by atomic mass is 10.2. The molecule has 0 saturated carbocycles. The van der Waals surface area contributed by atoms with Crippen molar-refractivity contribution in [3.8, 4) is 5.75 Å². The van der Waals surface area contributed by atoms with Crippen molar-refractivity contribution in [1.82, 2.24) is 0 Å². The third-order valence-corrected chi connectivity index (χ3v) is 1.50. The number of hydrogen-bond donors (Lipinski definition) is 0. The van der Waals surface area contributed by atoms with Crippen molar-refractivity contribution in [2.45, 2.75) is 6.85 Å². The summed E-state index contributed by atoms with van der Waals surface area (Å²) in [7, 11) is 1.17. The first kappa shape index (κ1) is 6.59. The summed E-state index contributed by atoms with van der Waals surface area (Å²) in [4.78, 5) is 22.5. The van der Waals surface area contributed by atoms with Crippen molar-refractivity contribution in [3.63, 3.8) is 0 Å². The van der Waals surface area contributed by atoms with E-state index in [1.807, 2.05) is 0 Å². The molecule has 0 aromatic heterocycles. The van der Waals surface area contributed by atoms with Crippen molar-refractivity contribution < 1.29 is 23.2 Å². The maximum atomic E-state index is 11.3. The molecule has 0 spiro atoms. The lowest BCUT2D eigenvalue weighted by Gasteiger charge is -2.05. The Morgan fingerprint density at radius 1 is 1.36 bits per heavy atom. The maximum Gasteiger partial charge on any atom is 0.341 e. The summed E-state index contributed by atoms with van der Waals surface area (Å²) < 4.78 is 29.7. The molecule has 0 atom stereocenters. The second kappa shape index (κ2) is 4.41. The Morgan fingerprint density at radius 2 is 2.07 bits per heavy atom. The van der Waals surface area contributed by atoms with E-state index in [4.69, 9.17) is 4.11 Å². The number of benzene rings is 1. The largest absolute Gasteiger partial charge is 0.465 e. The fourth-order valence-electron chi connectivity index (χ4n) is 0.934. The van der Waals surface area contributed by atoms with Crippen LogP contribution in [-0.2, 0) is 9.53 Å². The molecule has 4 nitrogen and oxygen atoms in total. The molecule has 0 radical (unpaired) electrons. The number of rotatable bonds is 2. The summed E-state index contributed by atoms with van der Waals surface area (Å²) in [6.07, 6.45) is 0. The minimum Gasteiger partial charge on any atom is -0.465 e. The summed E-state index contributed by atoms with van der Waals surface area (Å²) in [5, 5.41) is 0. The van der Waals surface area contributed by atoms with E-state index in [9.17, 15) is 9.59 Å². The molecule has 0 aliphatic heterocycles. The molecular weight excluding hydrogens is 184 g/mol. The lowest BCUT2D eigenvalue weighted by molar-refractivity contribution is -0.131. The van der Waals surface area contributed by atoms with Crippen LogP contribution < -0.4 is 4.74 Å². The van der Waals surface area contributed by atoms with Gasteiger partial charge in [0.15, 0.2) is 0 Å². The van der Waals surface area contributed by atoms with Gasteiger partial charge >= 0.3 is 11.9 Å². The van der Waals surface area contributed by atoms with Crippen LogP contribution in [0.1, 0.15) is 21.3 Å². The predicted octanol–water partition coefficient (Wildman–Crippen LogP) is 1.40. The number of carbonyl (C=O) groups is 2. The van der Waals surface area contributed by atoms with E-state index < -0.39 is 18.8 Å². The van der Waals surface area contributed by atoms with Crippen molar-refractivity contribution in [3.05, 3.63) is 29.8 Å². The molecule has 1 aromatic carbocycles. The molecule has 1 rings (SSSR count). The highest BCUT2D eigenvalue weighted by molar-refractivity contribution is 5.93. The Labute approximate surface area is 85.7 Å². The van der Waals surface area contributed by atoms with Crippen molar-refractivity contribution >= 4 is 11.9 Å². The van der Waals surface area contributed by atoms with Crippen LogP contribution in [0.25, 0.3) is 0 Å². The average Bonchev–Trinajstić information content (AvgIpc) is 2.27. The summed E-state index contributed by atoms with van der Waals surface area (Å²) in [5.74, 6) is -2.24. The first-order valence-electron chi connectivity index (χ1n) is 5.26. The van der Waals surface area contributed by atoms with E-state index in [0.29, 0.717) is 0 Å². The molecule has 0 fully saturated rings. The molecule has 74 valence electrons. The Balaban J connectivity index is 2.99. The number of esters is 2. The standard InChI is InChI=1S/C10H10O4/c1-7(11)14-9-6-4-3-5-8(9)10(12)13-2/h3-6H,1-2H3/i1D3. The predicted molar refractivity (Wildman–Crippen MR) is 49.1 cm³/mol. The highest BCUT2D eigenvalue weighted by Gasteiger charge is 2.12. The first-order valence-corrected chi connectivity index (χ1v) is 3.76. The molecule has 14 heavy (non-hydrogen) atoms. The van der Waals surface area contributed by atoms with Gasteiger partial charge in [-0.3, -0.25) is 4.79 Å². The molecule has 0 heterocycles. The molecule has 1 aromatic rings. The molecule has 0 amide bonds. The van der Waals surface area contributed by atoms with Gasteiger partial charge in [0.2, 0.25) is 0 Å². The zero-order valence-corrected chi connectivity index (χ0v) is 7.44. The zero-order chi connectivity index (χ0) is 13.1. The fourth-order valence-corrected chi connectivity index (χ4v) is 0.934. The molecule has 0 unspecified atom stereocenters. The summed E-state index contributed by atoms with van der Waals surface area (Å²) in [6.45, 7) is -2.87. The van der Waals surface area contributed by atoms with E-state index in [2.05, 4.69) is 9.47 Å². The monoisotopic (exact) mass is 197 g/mol.